The quantitative estimate of drug-likeness (QED) is 0.253. The van der Waals surface area contributed by atoms with Crippen LogP contribution in [0.3, 0.4) is 0 Å². The van der Waals surface area contributed by atoms with Gasteiger partial charge in [0.05, 0.1) is 46.6 Å². The minimum Gasteiger partial charge on any atom is -0.496 e. The Morgan fingerprint density at radius 1 is 1.00 bits per heavy atom. The van der Waals surface area contributed by atoms with Crippen LogP contribution in [0.25, 0.3) is 22.4 Å². The summed E-state index contributed by atoms with van der Waals surface area (Å²) >= 11 is 14.1. The lowest BCUT2D eigenvalue weighted by Gasteiger charge is -2.17. The zero-order chi connectivity index (χ0) is 26.5. The number of rotatable bonds is 9. The average molecular weight is 557 g/mol. The molecule has 37 heavy (non-hydrogen) atoms. The molecule has 4 rings (SSSR count). The smallest absolute Gasteiger partial charge is 0.326 e. The Morgan fingerprint density at radius 2 is 1.62 bits per heavy atom. The maximum atomic E-state index is 13.0. The summed E-state index contributed by atoms with van der Waals surface area (Å²) in [7, 11) is 3.16. The second-order valence-electron chi connectivity index (χ2n) is 7.99. The number of carboxylic acid groups (broad SMARTS) is 1. The van der Waals surface area contributed by atoms with Gasteiger partial charge in [-0.15, -0.1) is 11.3 Å². The van der Waals surface area contributed by atoms with Gasteiger partial charge in [-0.25, -0.2) is 9.78 Å². The van der Waals surface area contributed by atoms with Crippen molar-refractivity contribution >= 4 is 46.4 Å². The summed E-state index contributed by atoms with van der Waals surface area (Å²) in [5.74, 6) is -0.563. The van der Waals surface area contributed by atoms with Crippen molar-refractivity contribution in [2.75, 3.05) is 14.2 Å². The van der Waals surface area contributed by atoms with Crippen molar-refractivity contribution in [1.82, 2.24) is 10.3 Å². The highest BCUT2D eigenvalue weighted by Gasteiger charge is 2.25. The molecule has 0 saturated heterocycles. The number of carbonyl (C=O) groups is 2. The first-order valence-electron chi connectivity index (χ1n) is 11.0. The third-order valence-electron chi connectivity index (χ3n) is 5.71. The number of hydrogen-bond donors (Lipinski definition) is 2. The van der Waals surface area contributed by atoms with E-state index in [1.54, 1.807) is 44.0 Å². The molecule has 0 unspecified atom stereocenters. The van der Waals surface area contributed by atoms with Gasteiger partial charge in [0.2, 0.25) is 0 Å². The number of carboxylic acids is 1. The number of halogens is 2. The zero-order valence-corrected chi connectivity index (χ0v) is 22.2. The lowest BCUT2D eigenvalue weighted by Crippen LogP contribution is -2.42. The molecule has 10 heteroatoms. The van der Waals surface area contributed by atoms with E-state index >= 15 is 0 Å². The first kappa shape index (κ1) is 26.5. The topological polar surface area (TPSA) is 97.8 Å². The normalized spacial score (nSPS) is 11.6. The van der Waals surface area contributed by atoms with Gasteiger partial charge in [-0.3, -0.25) is 4.79 Å². The predicted octanol–water partition coefficient (Wildman–Crippen LogP) is 6.23. The monoisotopic (exact) mass is 556 g/mol. The minimum absolute atomic E-state index is 0.00665. The van der Waals surface area contributed by atoms with Crippen molar-refractivity contribution in [3.63, 3.8) is 0 Å². The number of nitrogens with one attached hydrogen (secondary N) is 1. The van der Waals surface area contributed by atoms with Crippen LogP contribution in [0.4, 0.5) is 0 Å². The van der Waals surface area contributed by atoms with E-state index in [1.807, 2.05) is 35.7 Å². The van der Waals surface area contributed by atoms with Crippen LogP contribution in [0.1, 0.15) is 15.9 Å². The number of hydrogen-bond acceptors (Lipinski definition) is 6. The third kappa shape index (κ3) is 5.88. The molecule has 0 bridgehead atoms. The van der Waals surface area contributed by atoms with Gasteiger partial charge in [0.25, 0.3) is 5.91 Å². The van der Waals surface area contributed by atoms with Crippen molar-refractivity contribution in [2.24, 2.45) is 0 Å². The van der Waals surface area contributed by atoms with Crippen LogP contribution in [0.2, 0.25) is 10.0 Å². The lowest BCUT2D eigenvalue weighted by atomic mass is 9.99. The molecule has 1 heterocycles. The van der Waals surface area contributed by atoms with Gasteiger partial charge >= 0.3 is 5.97 Å². The van der Waals surface area contributed by atoms with Gasteiger partial charge < -0.3 is 19.9 Å². The number of amides is 1. The number of nitrogens with zero attached hydrogens (tertiary/aromatic N) is 1. The van der Waals surface area contributed by atoms with E-state index in [-0.39, 0.29) is 22.0 Å². The van der Waals surface area contributed by atoms with Gasteiger partial charge in [-0.2, -0.15) is 0 Å². The van der Waals surface area contributed by atoms with Gasteiger partial charge in [-0.05, 0) is 35.4 Å². The Bertz CT molecular complexity index is 1380. The molecule has 0 aliphatic carbocycles. The molecule has 2 N–H and O–H groups in total. The molecule has 0 saturated carbocycles. The lowest BCUT2D eigenvalue weighted by molar-refractivity contribution is -0.139. The SMILES string of the molecule is COc1cccc(OC)c1-c1ccc(C[C@H](NC(=O)c2c(Cl)cc(-c3cscn3)cc2Cl)C(=O)O)cc1. The molecule has 7 nitrogen and oxygen atoms in total. The number of thiazole rings is 1. The number of methoxy groups -OCH3 is 2. The van der Waals surface area contributed by atoms with Crippen LogP contribution in [-0.4, -0.2) is 42.2 Å². The molecule has 0 aliphatic heterocycles. The molecule has 1 aromatic heterocycles. The Balaban J connectivity index is 1.53. The number of ether oxygens (including phenoxy) is 2. The largest absolute Gasteiger partial charge is 0.496 e. The molecule has 0 radical (unpaired) electrons. The Kier molecular flexibility index (Phi) is 8.33. The molecule has 3 aromatic carbocycles. The van der Waals surface area contributed by atoms with Crippen molar-refractivity contribution in [3.05, 3.63) is 86.7 Å². The summed E-state index contributed by atoms with van der Waals surface area (Å²) in [4.78, 5) is 29.2. The molecular formula is C27H22Cl2N2O5S. The molecule has 4 aromatic rings. The number of carbonyl (C=O) groups excluding carboxylic acids is 1. The standard InChI is InChI=1S/C27H22Cl2N2O5S/c1-35-22-4-3-5-23(36-2)24(22)16-8-6-15(7-9-16)10-20(27(33)34)31-26(32)25-18(28)11-17(12-19(25)29)21-13-37-14-30-21/h3-9,11-14,20H,10H2,1-2H3,(H,31,32)(H,33,34)/t20-/m0/s1. The van der Waals surface area contributed by atoms with Crippen LogP contribution in [0.5, 0.6) is 11.5 Å². The van der Waals surface area contributed by atoms with E-state index in [0.29, 0.717) is 28.3 Å². The van der Waals surface area contributed by atoms with E-state index in [9.17, 15) is 14.7 Å². The van der Waals surface area contributed by atoms with Crippen molar-refractivity contribution in [3.8, 4) is 33.9 Å². The highest BCUT2D eigenvalue weighted by Crippen LogP contribution is 2.38. The van der Waals surface area contributed by atoms with E-state index in [0.717, 1.165) is 11.1 Å². The first-order valence-corrected chi connectivity index (χ1v) is 12.7. The molecule has 0 fully saturated rings. The molecular weight excluding hydrogens is 535 g/mol. The van der Waals surface area contributed by atoms with Gasteiger partial charge in [0.1, 0.15) is 17.5 Å². The van der Waals surface area contributed by atoms with Crippen LogP contribution >= 0.6 is 34.5 Å². The third-order valence-corrected chi connectivity index (χ3v) is 6.89. The summed E-state index contributed by atoms with van der Waals surface area (Å²) in [6.45, 7) is 0. The van der Waals surface area contributed by atoms with E-state index in [4.69, 9.17) is 32.7 Å². The summed E-state index contributed by atoms with van der Waals surface area (Å²) in [5, 5.41) is 14.4. The average Bonchev–Trinajstić information content (AvgIpc) is 3.43. The fourth-order valence-electron chi connectivity index (χ4n) is 3.90. The fraction of sp³-hybridized carbons (Fsp3) is 0.148. The highest BCUT2D eigenvalue weighted by atomic mass is 35.5. The van der Waals surface area contributed by atoms with Crippen LogP contribution in [-0.2, 0) is 11.2 Å². The van der Waals surface area contributed by atoms with E-state index in [1.165, 1.54) is 11.3 Å². The summed E-state index contributed by atoms with van der Waals surface area (Å²) in [6, 6.07) is 14.8. The Morgan fingerprint density at radius 3 is 2.14 bits per heavy atom. The van der Waals surface area contributed by atoms with Crippen LogP contribution in [0, 0.1) is 0 Å². The molecule has 1 atom stereocenters. The van der Waals surface area contributed by atoms with Crippen LogP contribution < -0.4 is 14.8 Å². The predicted molar refractivity (Wildman–Crippen MR) is 145 cm³/mol. The Hall–Kier alpha value is -3.59. The molecule has 0 spiro atoms. The number of aromatic nitrogens is 1. The zero-order valence-electron chi connectivity index (χ0n) is 19.8. The first-order chi connectivity index (χ1) is 17.8. The minimum atomic E-state index is -1.20. The number of benzene rings is 3. The van der Waals surface area contributed by atoms with Crippen molar-refractivity contribution in [2.45, 2.75) is 12.5 Å². The summed E-state index contributed by atoms with van der Waals surface area (Å²) in [5.41, 5.74) is 5.36. The van der Waals surface area contributed by atoms with E-state index in [2.05, 4.69) is 10.3 Å². The molecule has 1 amide bonds. The summed E-state index contributed by atoms with van der Waals surface area (Å²) in [6.07, 6.45) is 0.0521. The molecule has 190 valence electrons. The second-order valence-corrected chi connectivity index (χ2v) is 9.52. The van der Waals surface area contributed by atoms with Gasteiger partial charge in [0.15, 0.2) is 0 Å². The van der Waals surface area contributed by atoms with Crippen LogP contribution in [0.15, 0.2) is 65.5 Å². The van der Waals surface area contributed by atoms with Crippen molar-refractivity contribution < 1.29 is 24.2 Å². The summed E-state index contributed by atoms with van der Waals surface area (Å²) < 4.78 is 10.9. The Labute approximate surface area is 227 Å². The van der Waals surface area contributed by atoms with Crippen molar-refractivity contribution in [1.29, 1.82) is 0 Å². The maximum Gasteiger partial charge on any atom is 0.326 e. The van der Waals surface area contributed by atoms with Gasteiger partial charge in [0, 0.05) is 17.4 Å². The highest BCUT2D eigenvalue weighted by molar-refractivity contribution is 7.07. The van der Waals surface area contributed by atoms with E-state index < -0.39 is 17.9 Å². The molecule has 0 aliphatic rings. The second kappa shape index (κ2) is 11.6. The maximum absolute atomic E-state index is 13.0. The number of aliphatic carboxylic acids is 1. The fourth-order valence-corrected chi connectivity index (χ4v) is 5.12. The van der Waals surface area contributed by atoms with Gasteiger partial charge in [-0.1, -0.05) is 53.5 Å².